The molecule has 98 valence electrons. The molecule has 1 aromatic carbocycles. The highest BCUT2D eigenvalue weighted by atomic mass is 35.5. The zero-order chi connectivity index (χ0) is 13.1. The van der Waals surface area contributed by atoms with Crippen molar-refractivity contribution >= 4 is 40.9 Å². The normalized spacial score (nSPS) is 23.9. The minimum Gasteiger partial charge on any atom is -0.298 e. The lowest BCUT2D eigenvalue weighted by Crippen LogP contribution is -2.32. The Morgan fingerprint density at radius 1 is 1.44 bits per heavy atom. The summed E-state index contributed by atoms with van der Waals surface area (Å²) in [5, 5.41) is 0.485. The first-order valence-electron chi connectivity index (χ1n) is 5.78. The van der Waals surface area contributed by atoms with Crippen molar-refractivity contribution in [3.05, 3.63) is 34.6 Å². The van der Waals surface area contributed by atoms with Crippen LogP contribution >= 0.6 is 35.1 Å². The number of rotatable bonds is 3. The molecule has 2 unspecified atom stereocenters. The van der Waals surface area contributed by atoms with Crippen LogP contribution in [0.4, 0.5) is 4.39 Å². The minimum atomic E-state index is -0.441. The number of ketones is 1. The third-order valence-corrected chi connectivity index (χ3v) is 6.30. The first kappa shape index (κ1) is 14.2. The summed E-state index contributed by atoms with van der Waals surface area (Å²) in [7, 11) is 0. The van der Waals surface area contributed by atoms with Gasteiger partial charge in [0, 0.05) is 23.2 Å². The Bertz CT molecular complexity index is 453. The Morgan fingerprint density at radius 3 is 2.83 bits per heavy atom. The summed E-state index contributed by atoms with van der Waals surface area (Å²) in [6, 6.07) is 4.49. The van der Waals surface area contributed by atoms with Crippen LogP contribution in [-0.2, 0) is 11.2 Å². The maximum Gasteiger partial charge on any atom is 0.151 e. The predicted molar refractivity (Wildman–Crippen MR) is 78.3 cm³/mol. The fraction of sp³-hybridized carbons (Fsp3) is 0.462. The molecular formula is C13H14ClFOS2. The summed E-state index contributed by atoms with van der Waals surface area (Å²) in [4.78, 5) is 12.2. The average molecular weight is 305 g/mol. The van der Waals surface area contributed by atoms with E-state index in [9.17, 15) is 9.18 Å². The van der Waals surface area contributed by atoms with Gasteiger partial charge in [-0.2, -0.15) is 11.8 Å². The Hall–Kier alpha value is -0.190. The molecule has 1 saturated heterocycles. The fourth-order valence-corrected chi connectivity index (χ4v) is 4.87. The van der Waals surface area contributed by atoms with Crippen LogP contribution in [0.25, 0.3) is 0 Å². The molecule has 18 heavy (non-hydrogen) atoms. The lowest BCUT2D eigenvalue weighted by molar-refractivity contribution is -0.117. The van der Waals surface area contributed by atoms with Crippen molar-refractivity contribution in [3.63, 3.8) is 0 Å². The molecule has 1 nitrogen and oxygen atoms in total. The van der Waals surface area contributed by atoms with Crippen molar-refractivity contribution in [2.75, 3.05) is 11.5 Å². The summed E-state index contributed by atoms with van der Waals surface area (Å²) >= 11 is 9.29. The van der Waals surface area contributed by atoms with Crippen molar-refractivity contribution < 1.29 is 9.18 Å². The highest BCUT2D eigenvalue weighted by Gasteiger charge is 2.28. The third kappa shape index (κ3) is 3.43. The Morgan fingerprint density at radius 2 is 2.17 bits per heavy atom. The van der Waals surface area contributed by atoms with Crippen molar-refractivity contribution in [2.45, 2.75) is 23.8 Å². The molecule has 0 N–H and O–H groups in total. The summed E-state index contributed by atoms with van der Waals surface area (Å²) in [6.45, 7) is 2.09. The van der Waals surface area contributed by atoms with Crippen molar-refractivity contribution in [1.29, 1.82) is 0 Å². The lowest BCUT2D eigenvalue weighted by Gasteiger charge is -2.26. The monoisotopic (exact) mass is 304 g/mol. The summed E-state index contributed by atoms with van der Waals surface area (Å²) in [6.07, 6.45) is 0.336. The van der Waals surface area contributed by atoms with Crippen LogP contribution in [-0.4, -0.2) is 27.8 Å². The maximum atomic E-state index is 13.0. The van der Waals surface area contributed by atoms with E-state index in [2.05, 4.69) is 6.92 Å². The Kier molecular flexibility index (Phi) is 4.98. The molecule has 1 aromatic rings. The highest BCUT2D eigenvalue weighted by Crippen LogP contribution is 2.32. The summed E-state index contributed by atoms with van der Waals surface area (Å²) in [5.74, 6) is 1.90. The minimum absolute atomic E-state index is 0.0487. The average Bonchev–Trinajstić information content (AvgIpc) is 2.34. The topological polar surface area (TPSA) is 17.1 Å². The standard InChI is InChI=1S/C13H14ClFOS2/c1-8-13(18-5-4-17-8)12(16)7-9-2-3-11(15)10(14)6-9/h2-3,6,8,13H,4-5,7H2,1H3. The predicted octanol–water partition coefficient (Wildman–Crippen LogP) is 3.83. The van der Waals surface area contributed by atoms with E-state index in [1.165, 1.54) is 6.07 Å². The zero-order valence-electron chi connectivity index (χ0n) is 9.99. The van der Waals surface area contributed by atoms with E-state index >= 15 is 0 Å². The number of hydrogen-bond acceptors (Lipinski definition) is 3. The fourth-order valence-electron chi connectivity index (χ4n) is 1.94. The van der Waals surface area contributed by atoms with E-state index in [0.717, 1.165) is 17.1 Å². The first-order valence-corrected chi connectivity index (χ1v) is 8.25. The molecule has 1 heterocycles. The van der Waals surface area contributed by atoms with Gasteiger partial charge in [-0.05, 0) is 17.7 Å². The number of Topliss-reactive ketones (excluding diaryl/α,β-unsaturated/α-hetero) is 1. The van der Waals surface area contributed by atoms with Crippen LogP contribution in [0, 0.1) is 5.82 Å². The SMILES string of the molecule is CC1SCCSC1C(=O)Cc1ccc(F)c(Cl)c1. The Balaban J connectivity index is 2.04. The number of hydrogen-bond donors (Lipinski definition) is 0. The molecule has 2 rings (SSSR count). The van der Waals surface area contributed by atoms with Crippen LogP contribution < -0.4 is 0 Å². The number of halogens is 2. The van der Waals surface area contributed by atoms with Crippen molar-refractivity contribution in [2.24, 2.45) is 0 Å². The molecule has 0 saturated carbocycles. The molecule has 1 aliphatic heterocycles. The molecule has 0 aliphatic carbocycles. The molecule has 5 heteroatoms. The van der Waals surface area contributed by atoms with Gasteiger partial charge in [0.2, 0.25) is 0 Å². The molecule has 0 amide bonds. The zero-order valence-corrected chi connectivity index (χ0v) is 12.4. The quantitative estimate of drug-likeness (QED) is 0.845. The number of carbonyl (C=O) groups is 1. The van der Waals surface area contributed by atoms with Gasteiger partial charge in [-0.15, -0.1) is 11.8 Å². The number of carbonyl (C=O) groups excluding carboxylic acids is 1. The van der Waals surface area contributed by atoms with Gasteiger partial charge in [-0.25, -0.2) is 4.39 Å². The van der Waals surface area contributed by atoms with Crippen molar-refractivity contribution in [1.82, 2.24) is 0 Å². The lowest BCUT2D eigenvalue weighted by atomic mass is 10.1. The molecular weight excluding hydrogens is 291 g/mol. The van der Waals surface area contributed by atoms with Gasteiger partial charge in [-0.3, -0.25) is 4.79 Å². The molecule has 1 aliphatic rings. The molecule has 0 bridgehead atoms. The van der Waals surface area contributed by atoms with Gasteiger partial charge in [0.25, 0.3) is 0 Å². The number of benzene rings is 1. The van der Waals surface area contributed by atoms with Gasteiger partial charge in [0.15, 0.2) is 5.78 Å². The largest absolute Gasteiger partial charge is 0.298 e. The molecule has 0 aromatic heterocycles. The highest BCUT2D eigenvalue weighted by molar-refractivity contribution is 8.07. The van der Waals surface area contributed by atoms with Crippen molar-refractivity contribution in [3.8, 4) is 0 Å². The summed E-state index contributed by atoms with van der Waals surface area (Å²) in [5.41, 5.74) is 0.787. The van der Waals surface area contributed by atoms with E-state index in [-0.39, 0.29) is 16.1 Å². The van der Waals surface area contributed by atoms with Gasteiger partial charge >= 0.3 is 0 Å². The Labute approximate surface area is 120 Å². The van der Waals surface area contributed by atoms with E-state index in [1.54, 1.807) is 23.9 Å². The van der Waals surface area contributed by atoms with Crippen LogP contribution in [0.2, 0.25) is 5.02 Å². The van der Waals surface area contributed by atoms with Gasteiger partial charge in [0.05, 0.1) is 10.3 Å². The van der Waals surface area contributed by atoms with Gasteiger partial charge in [-0.1, -0.05) is 24.6 Å². The van der Waals surface area contributed by atoms with Crippen LogP contribution in [0.15, 0.2) is 18.2 Å². The van der Waals surface area contributed by atoms with E-state index < -0.39 is 5.82 Å². The maximum absolute atomic E-state index is 13.0. The smallest absolute Gasteiger partial charge is 0.151 e. The van der Waals surface area contributed by atoms with Gasteiger partial charge in [0.1, 0.15) is 5.82 Å². The molecule has 2 atom stereocenters. The second-order valence-corrected chi connectivity index (χ2v) is 7.40. The van der Waals surface area contributed by atoms with E-state index in [0.29, 0.717) is 11.7 Å². The third-order valence-electron chi connectivity index (χ3n) is 2.87. The van der Waals surface area contributed by atoms with Gasteiger partial charge < -0.3 is 0 Å². The second-order valence-electron chi connectivity index (χ2n) is 4.26. The molecule has 0 radical (unpaired) electrons. The summed E-state index contributed by atoms with van der Waals surface area (Å²) < 4.78 is 13.0. The molecule has 0 spiro atoms. The van der Waals surface area contributed by atoms with Crippen LogP contribution in [0.5, 0.6) is 0 Å². The number of thioether (sulfide) groups is 2. The van der Waals surface area contributed by atoms with E-state index in [4.69, 9.17) is 11.6 Å². The second kappa shape index (κ2) is 6.31. The van der Waals surface area contributed by atoms with Crippen LogP contribution in [0.1, 0.15) is 12.5 Å². The first-order chi connectivity index (χ1) is 8.58. The van der Waals surface area contributed by atoms with E-state index in [1.807, 2.05) is 11.8 Å². The molecule has 1 fully saturated rings. The van der Waals surface area contributed by atoms with Crippen LogP contribution in [0.3, 0.4) is 0 Å².